The van der Waals surface area contributed by atoms with E-state index in [9.17, 15) is 0 Å². The van der Waals surface area contributed by atoms with Crippen LogP contribution in [-0.4, -0.2) is 49.1 Å². The summed E-state index contributed by atoms with van der Waals surface area (Å²) in [7, 11) is 0. The van der Waals surface area contributed by atoms with Gasteiger partial charge in [-0.15, -0.1) is 0 Å². The van der Waals surface area contributed by atoms with Crippen molar-refractivity contribution in [3.63, 3.8) is 0 Å². The third-order valence-electron chi connectivity index (χ3n) is 6.06. The molecule has 1 aliphatic carbocycles. The zero-order valence-electron chi connectivity index (χ0n) is 16.4. The minimum absolute atomic E-state index is 0.441. The van der Waals surface area contributed by atoms with Gasteiger partial charge in [-0.05, 0) is 60.9 Å². The number of nitrogen functional groups attached to an aromatic ring is 1. The van der Waals surface area contributed by atoms with E-state index < -0.39 is 0 Å². The predicted octanol–water partition coefficient (Wildman–Crippen LogP) is 4.04. The number of hydrogen-bond acceptors (Lipinski definition) is 3. The Morgan fingerprint density at radius 1 is 1.08 bits per heavy atom. The van der Waals surface area contributed by atoms with Gasteiger partial charge in [-0.25, -0.2) is 0 Å². The second kappa shape index (κ2) is 7.92. The fraction of sp³-hybridized carbons (Fsp3) is 0.636. The van der Waals surface area contributed by atoms with Gasteiger partial charge in [0, 0.05) is 44.0 Å². The van der Waals surface area contributed by atoms with Gasteiger partial charge in [-0.2, -0.15) is 0 Å². The quantitative estimate of drug-likeness (QED) is 0.820. The number of rotatable bonds is 5. The summed E-state index contributed by atoms with van der Waals surface area (Å²) in [6, 6.07) is 6.68. The van der Waals surface area contributed by atoms with E-state index >= 15 is 0 Å². The highest BCUT2D eigenvalue weighted by atomic mass is 15.3. The van der Waals surface area contributed by atoms with Gasteiger partial charge in [-0.1, -0.05) is 32.9 Å². The Morgan fingerprint density at radius 3 is 2.44 bits per heavy atom. The molecule has 3 heteroatoms. The molecule has 1 aliphatic heterocycles. The van der Waals surface area contributed by atoms with Crippen molar-refractivity contribution >= 4 is 11.3 Å². The van der Waals surface area contributed by atoms with Crippen LogP contribution in [0.1, 0.15) is 51.2 Å². The lowest BCUT2D eigenvalue weighted by molar-refractivity contribution is 0.138. The van der Waals surface area contributed by atoms with Crippen LogP contribution in [-0.2, 0) is 6.42 Å². The van der Waals surface area contributed by atoms with Crippen molar-refractivity contribution in [1.29, 1.82) is 0 Å². The average molecular weight is 342 g/mol. The highest BCUT2D eigenvalue weighted by Gasteiger charge is 2.23. The van der Waals surface area contributed by atoms with Crippen LogP contribution in [0.3, 0.4) is 0 Å². The minimum atomic E-state index is 0.441. The first-order valence-electron chi connectivity index (χ1n) is 9.99. The van der Waals surface area contributed by atoms with E-state index in [-0.39, 0.29) is 0 Å². The molecular weight excluding hydrogens is 306 g/mol. The van der Waals surface area contributed by atoms with Gasteiger partial charge in [0.2, 0.25) is 0 Å². The molecule has 0 radical (unpaired) electrons. The molecule has 1 aromatic rings. The monoisotopic (exact) mass is 341 g/mol. The number of hydrogen-bond donors (Lipinski definition) is 1. The molecule has 2 aliphatic rings. The van der Waals surface area contributed by atoms with E-state index in [4.69, 9.17) is 5.73 Å². The Morgan fingerprint density at radius 2 is 1.80 bits per heavy atom. The maximum Gasteiger partial charge on any atom is 0.0390 e. The molecule has 1 fully saturated rings. The van der Waals surface area contributed by atoms with E-state index in [2.05, 4.69) is 54.8 Å². The summed E-state index contributed by atoms with van der Waals surface area (Å²) in [5.74, 6) is 0. The van der Waals surface area contributed by atoms with Gasteiger partial charge in [-0.3, -0.25) is 0 Å². The molecule has 0 atom stereocenters. The number of allylic oxidation sites excluding steroid dienone is 2. The van der Waals surface area contributed by atoms with E-state index in [1.807, 2.05) is 0 Å². The Bertz CT molecular complexity index is 610. The topological polar surface area (TPSA) is 32.5 Å². The number of nitrogens with zero attached hydrogens (tertiary/aromatic N) is 2. The first-order valence-corrected chi connectivity index (χ1v) is 9.99. The van der Waals surface area contributed by atoms with Gasteiger partial charge >= 0.3 is 0 Å². The highest BCUT2D eigenvalue weighted by Crippen LogP contribution is 2.39. The number of piperazine rings is 1. The first-order chi connectivity index (χ1) is 12.0. The van der Waals surface area contributed by atoms with Gasteiger partial charge in [0.15, 0.2) is 0 Å². The molecule has 3 nitrogen and oxygen atoms in total. The van der Waals surface area contributed by atoms with E-state index in [0.717, 1.165) is 31.5 Å². The number of anilines is 1. The van der Waals surface area contributed by atoms with Crippen LogP contribution in [0.25, 0.3) is 5.57 Å². The SMILES string of the molecule is CCN1CCN(CCc2ccc(N)c(C3=CCC(C)(C)CC3)c2)CC1. The van der Waals surface area contributed by atoms with Crippen molar-refractivity contribution in [2.75, 3.05) is 45.0 Å². The predicted molar refractivity (Wildman–Crippen MR) is 109 cm³/mol. The molecule has 1 heterocycles. The lowest BCUT2D eigenvalue weighted by Gasteiger charge is -2.34. The Balaban J connectivity index is 1.61. The normalized spacial score (nSPS) is 22.0. The largest absolute Gasteiger partial charge is 0.398 e. The molecule has 0 saturated carbocycles. The van der Waals surface area contributed by atoms with Gasteiger partial charge in [0.25, 0.3) is 0 Å². The fourth-order valence-electron chi connectivity index (χ4n) is 3.97. The average Bonchev–Trinajstić information content (AvgIpc) is 2.62. The van der Waals surface area contributed by atoms with Crippen molar-refractivity contribution < 1.29 is 0 Å². The van der Waals surface area contributed by atoms with Crippen molar-refractivity contribution in [2.24, 2.45) is 5.41 Å². The first kappa shape index (κ1) is 18.5. The van der Waals surface area contributed by atoms with Gasteiger partial charge in [0.05, 0.1) is 0 Å². The summed E-state index contributed by atoms with van der Waals surface area (Å²) in [5.41, 5.74) is 11.8. The summed E-state index contributed by atoms with van der Waals surface area (Å²) in [6.07, 6.45) is 7.11. The Kier molecular flexibility index (Phi) is 5.85. The smallest absolute Gasteiger partial charge is 0.0390 e. The maximum absolute atomic E-state index is 6.30. The number of benzene rings is 1. The standard InChI is InChI=1S/C22H35N3/c1-4-24-13-15-25(16-14-24)12-9-18-5-6-21(23)20(17-18)19-7-10-22(2,3)11-8-19/h5-7,17H,4,8-16,23H2,1-3H3. The van der Waals surface area contributed by atoms with Crippen LogP contribution in [0, 0.1) is 5.41 Å². The van der Waals surface area contributed by atoms with Crippen molar-refractivity contribution in [3.8, 4) is 0 Å². The summed E-state index contributed by atoms with van der Waals surface area (Å²) in [6.45, 7) is 14.2. The maximum atomic E-state index is 6.30. The zero-order chi connectivity index (χ0) is 17.9. The van der Waals surface area contributed by atoms with Gasteiger partial charge in [0.1, 0.15) is 0 Å². The highest BCUT2D eigenvalue weighted by molar-refractivity contribution is 5.76. The van der Waals surface area contributed by atoms with Gasteiger partial charge < -0.3 is 15.5 Å². The van der Waals surface area contributed by atoms with Crippen LogP contribution in [0.2, 0.25) is 0 Å². The lowest BCUT2D eigenvalue weighted by atomic mass is 9.76. The summed E-state index contributed by atoms with van der Waals surface area (Å²) in [4.78, 5) is 5.14. The van der Waals surface area contributed by atoms with Crippen LogP contribution in [0.5, 0.6) is 0 Å². The zero-order valence-corrected chi connectivity index (χ0v) is 16.4. The lowest BCUT2D eigenvalue weighted by Crippen LogP contribution is -2.46. The summed E-state index contributed by atoms with van der Waals surface area (Å²) >= 11 is 0. The Labute approximate surface area is 153 Å². The molecule has 0 spiro atoms. The Hall–Kier alpha value is -1.32. The molecule has 1 saturated heterocycles. The summed E-state index contributed by atoms with van der Waals surface area (Å²) in [5, 5.41) is 0. The third kappa shape index (κ3) is 4.86. The van der Waals surface area contributed by atoms with Crippen LogP contribution < -0.4 is 5.73 Å². The summed E-state index contributed by atoms with van der Waals surface area (Å²) < 4.78 is 0. The molecule has 2 N–H and O–H groups in total. The van der Waals surface area contributed by atoms with E-state index in [1.54, 1.807) is 0 Å². The molecule has 0 amide bonds. The molecule has 0 unspecified atom stereocenters. The molecule has 25 heavy (non-hydrogen) atoms. The third-order valence-corrected chi connectivity index (χ3v) is 6.06. The van der Waals surface area contributed by atoms with Crippen LogP contribution in [0.4, 0.5) is 5.69 Å². The fourth-order valence-corrected chi connectivity index (χ4v) is 3.97. The van der Waals surface area contributed by atoms with E-state index in [1.165, 1.54) is 55.8 Å². The van der Waals surface area contributed by atoms with Crippen molar-refractivity contribution in [3.05, 3.63) is 35.4 Å². The number of nitrogens with two attached hydrogens (primary N) is 1. The molecule has 0 aromatic heterocycles. The second-order valence-corrected chi connectivity index (χ2v) is 8.55. The molecule has 138 valence electrons. The molecule has 1 aromatic carbocycles. The molecule has 3 rings (SSSR count). The molecule has 0 bridgehead atoms. The number of likely N-dealkylation sites (N-methyl/N-ethyl adjacent to an activating group) is 1. The minimum Gasteiger partial charge on any atom is -0.398 e. The van der Waals surface area contributed by atoms with E-state index in [0.29, 0.717) is 5.41 Å². The van der Waals surface area contributed by atoms with Crippen molar-refractivity contribution in [1.82, 2.24) is 9.80 Å². The second-order valence-electron chi connectivity index (χ2n) is 8.55. The van der Waals surface area contributed by atoms with Crippen LogP contribution >= 0.6 is 0 Å². The van der Waals surface area contributed by atoms with Crippen molar-refractivity contribution in [2.45, 2.75) is 46.5 Å². The van der Waals surface area contributed by atoms with Crippen LogP contribution in [0.15, 0.2) is 24.3 Å². The molecular formula is C22H35N3.